The Morgan fingerprint density at radius 2 is 1.71 bits per heavy atom. The van der Waals surface area contributed by atoms with Gasteiger partial charge in [0.15, 0.2) is 6.61 Å². The maximum Gasteiger partial charge on any atom is 0.260 e. The van der Waals surface area contributed by atoms with E-state index in [1.165, 1.54) is 5.56 Å². The van der Waals surface area contributed by atoms with E-state index in [1.807, 2.05) is 61.2 Å². The summed E-state index contributed by atoms with van der Waals surface area (Å²) in [6.07, 6.45) is 1.61. The fraction of sp³-hybridized carbons (Fsp3) is 0.320. The van der Waals surface area contributed by atoms with E-state index in [0.29, 0.717) is 13.1 Å². The molecule has 4 rings (SSSR count). The first-order chi connectivity index (χ1) is 15.0. The first-order valence-electron chi connectivity index (χ1n) is 10.6. The largest absolute Gasteiger partial charge is 0.483 e. The van der Waals surface area contributed by atoms with E-state index in [9.17, 15) is 4.79 Å². The summed E-state index contributed by atoms with van der Waals surface area (Å²) in [5, 5.41) is 0. The summed E-state index contributed by atoms with van der Waals surface area (Å²) in [7, 11) is 0. The number of nitrogens with zero attached hydrogens (tertiary/aromatic N) is 4. The van der Waals surface area contributed by atoms with Crippen LogP contribution in [0.5, 0.6) is 5.75 Å². The second kappa shape index (κ2) is 9.16. The van der Waals surface area contributed by atoms with Crippen molar-refractivity contribution in [3.63, 3.8) is 0 Å². The van der Waals surface area contributed by atoms with Gasteiger partial charge in [-0.05, 0) is 43.5 Å². The summed E-state index contributed by atoms with van der Waals surface area (Å²) in [5.41, 5.74) is 5.37. The Balaban J connectivity index is 1.34. The van der Waals surface area contributed by atoms with Gasteiger partial charge in [-0.3, -0.25) is 4.79 Å². The van der Waals surface area contributed by atoms with Gasteiger partial charge < -0.3 is 14.5 Å². The Bertz CT molecular complexity index is 1060. The van der Waals surface area contributed by atoms with Crippen LogP contribution in [-0.4, -0.2) is 53.6 Å². The second-order valence-corrected chi connectivity index (χ2v) is 7.99. The minimum absolute atomic E-state index is 0.0193. The third kappa shape index (κ3) is 4.85. The molecule has 6 heteroatoms. The molecule has 1 fully saturated rings. The molecule has 31 heavy (non-hydrogen) atoms. The fourth-order valence-electron chi connectivity index (χ4n) is 3.85. The molecule has 1 aromatic heterocycles. The Morgan fingerprint density at radius 1 is 0.968 bits per heavy atom. The number of benzene rings is 2. The molecular weight excluding hydrogens is 388 g/mol. The molecule has 0 radical (unpaired) electrons. The smallest absolute Gasteiger partial charge is 0.260 e. The van der Waals surface area contributed by atoms with Gasteiger partial charge in [-0.15, -0.1) is 0 Å². The molecule has 0 spiro atoms. The molecule has 0 atom stereocenters. The normalized spacial score (nSPS) is 13.9. The topological polar surface area (TPSA) is 58.6 Å². The van der Waals surface area contributed by atoms with Crippen molar-refractivity contribution in [1.82, 2.24) is 14.9 Å². The van der Waals surface area contributed by atoms with Crippen molar-refractivity contribution in [2.24, 2.45) is 0 Å². The first kappa shape index (κ1) is 20.8. The lowest BCUT2D eigenvalue weighted by Gasteiger charge is -2.35. The van der Waals surface area contributed by atoms with Crippen molar-refractivity contribution in [3.05, 3.63) is 71.5 Å². The van der Waals surface area contributed by atoms with Crippen LogP contribution in [-0.2, 0) is 4.79 Å². The van der Waals surface area contributed by atoms with E-state index in [0.717, 1.165) is 47.0 Å². The molecule has 160 valence electrons. The van der Waals surface area contributed by atoms with Gasteiger partial charge in [-0.25, -0.2) is 9.97 Å². The minimum atomic E-state index is 0.0193. The number of aromatic nitrogens is 2. The second-order valence-electron chi connectivity index (χ2n) is 7.99. The molecule has 1 aliphatic heterocycles. The van der Waals surface area contributed by atoms with E-state index in [1.54, 1.807) is 6.33 Å². The molecule has 0 aliphatic carbocycles. The highest BCUT2D eigenvalue weighted by Crippen LogP contribution is 2.24. The third-order valence-corrected chi connectivity index (χ3v) is 5.79. The SMILES string of the molecule is Cc1cc(C)c(C)c(OCC(=O)N2CCN(c3cc(-c4ccccc4)ncn3)CC2)c1. The summed E-state index contributed by atoms with van der Waals surface area (Å²) in [4.78, 5) is 25.6. The number of amides is 1. The zero-order valence-electron chi connectivity index (χ0n) is 18.3. The van der Waals surface area contributed by atoms with Gasteiger partial charge in [0.05, 0.1) is 5.69 Å². The predicted octanol–water partition coefficient (Wildman–Crippen LogP) is 3.80. The number of ether oxygens (including phenoxy) is 1. The fourth-order valence-corrected chi connectivity index (χ4v) is 3.85. The quantitative estimate of drug-likeness (QED) is 0.633. The molecule has 2 aromatic carbocycles. The van der Waals surface area contributed by atoms with Crippen LogP contribution in [0.1, 0.15) is 16.7 Å². The molecule has 2 heterocycles. The minimum Gasteiger partial charge on any atom is -0.483 e. The van der Waals surface area contributed by atoms with Crippen LogP contribution in [0.15, 0.2) is 54.9 Å². The number of hydrogen-bond donors (Lipinski definition) is 0. The lowest BCUT2D eigenvalue weighted by molar-refractivity contribution is -0.133. The molecule has 6 nitrogen and oxygen atoms in total. The maximum atomic E-state index is 12.7. The lowest BCUT2D eigenvalue weighted by Crippen LogP contribution is -2.50. The Hall–Kier alpha value is -3.41. The van der Waals surface area contributed by atoms with Crippen molar-refractivity contribution in [2.75, 3.05) is 37.7 Å². The van der Waals surface area contributed by atoms with Crippen molar-refractivity contribution in [1.29, 1.82) is 0 Å². The van der Waals surface area contributed by atoms with E-state index in [2.05, 4.69) is 27.9 Å². The first-order valence-corrected chi connectivity index (χ1v) is 10.6. The maximum absolute atomic E-state index is 12.7. The molecule has 0 saturated carbocycles. The highest BCUT2D eigenvalue weighted by molar-refractivity contribution is 5.78. The molecule has 3 aromatic rings. The van der Waals surface area contributed by atoms with Crippen LogP contribution in [0, 0.1) is 20.8 Å². The molecular formula is C25H28N4O2. The van der Waals surface area contributed by atoms with Crippen molar-refractivity contribution in [2.45, 2.75) is 20.8 Å². The summed E-state index contributed by atoms with van der Waals surface area (Å²) >= 11 is 0. The van der Waals surface area contributed by atoms with Gasteiger partial charge in [0.25, 0.3) is 5.91 Å². The molecule has 0 unspecified atom stereocenters. The summed E-state index contributed by atoms with van der Waals surface area (Å²) < 4.78 is 5.86. The number of hydrogen-bond acceptors (Lipinski definition) is 5. The van der Waals surface area contributed by atoms with Crippen LogP contribution < -0.4 is 9.64 Å². The lowest BCUT2D eigenvalue weighted by atomic mass is 10.1. The van der Waals surface area contributed by atoms with Gasteiger partial charge in [0.2, 0.25) is 0 Å². The summed E-state index contributed by atoms with van der Waals surface area (Å²) in [6.45, 7) is 8.97. The van der Waals surface area contributed by atoms with E-state index in [4.69, 9.17) is 4.74 Å². The van der Waals surface area contributed by atoms with Crippen molar-refractivity contribution >= 4 is 11.7 Å². The zero-order valence-corrected chi connectivity index (χ0v) is 18.3. The Kier molecular flexibility index (Phi) is 6.16. The molecule has 0 N–H and O–H groups in total. The molecule has 1 saturated heterocycles. The monoisotopic (exact) mass is 416 g/mol. The van der Waals surface area contributed by atoms with Gasteiger partial charge in [0.1, 0.15) is 17.9 Å². The van der Waals surface area contributed by atoms with Crippen LogP contribution >= 0.6 is 0 Å². The average molecular weight is 417 g/mol. The van der Waals surface area contributed by atoms with E-state index in [-0.39, 0.29) is 12.5 Å². The van der Waals surface area contributed by atoms with Crippen LogP contribution in [0.2, 0.25) is 0 Å². The number of carbonyl (C=O) groups excluding carboxylic acids is 1. The highest BCUT2D eigenvalue weighted by Gasteiger charge is 2.23. The predicted molar refractivity (Wildman–Crippen MR) is 122 cm³/mol. The average Bonchev–Trinajstić information content (AvgIpc) is 2.81. The summed E-state index contributed by atoms with van der Waals surface area (Å²) in [6, 6.07) is 16.2. The standard InChI is InChI=1S/C25H28N4O2/c1-18-13-19(2)20(3)23(14-18)31-16-25(30)29-11-9-28(10-12-29)24-15-22(26-17-27-24)21-7-5-4-6-8-21/h4-8,13-15,17H,9-12,16H2,1-3H3. The number of carbonyl (C=O) groups is 1. The van der Waals surface area contributed by atoms with Crippen LogP contribution in [0.4, 0.5) is 5.82 Å². The molecule has 0 bridgehead atoms. The number of anilines is 1. The van der Waals surface area contributed by atoms with Gasteiger partial charge in [-0.2, -0.15) is 0 Å². The van der Waals surface area contributed by atoms with Gasteiger partial charge in [0, 0.05) is 37.8 Å². The zero-order chi connectivity index (χ0) is 21.8. The van der Waals surface area contributed by atoms with E-state index < -0.39 is 0 Å². The Morgan fingerprint density at radius 3 is 2.45 bits per heavy atom. The van der Waals surface area contributed by atoms with Crippen molar-refractivity contribution in [3.8, 4) is 17.0 Å². The highest BCUT2D eigenvalue weighted by atomic mass is 16.5. The molecule has 1 amide bonds. The Labute approximate surface area is 183 Å². The van der Waals surface area contributed by atoms with Crippen molar-refractivity contribution < 1.29 is 9.53 Å². The van der Waals surface area contributed by atoms with Crippen LogP contribution in [0.3, 0.4) is 0 Å². The van der Waals surface area contributed by atoms with Gasteiger partial charge >= 0.3 is 0 Å². The van der Waals surface area contributed by atoms with Crippen LogP contribution in [0.25, 0.3) is 11.3 Å². The van der Waals surface area contributed by atoms with Gasteiger partial charge in [-0.1, -0.05) is 36.4 Å². The molecule has 1 aliphatic rings. The number of aryl methyl sites for hydroxylation is 2. The number of rotatable bonds is 5. The summed E-state index contributed by atoms with van der Waals surface area (Å²) in [5.74, 6) is 1.70. The van der Waals surface area contributed by atoms with E-state index >= 15 is 0 Å². The number of piperazine rings is 1. The third-order valence-electron chi connectivity index (χ3n) is 5.79.